The number of amides is 2. The maximum absolute atomic E-state index is 12.2. The minimum atomic E-state index is -1.36. The number of carbonyl (C=O) groups excluding carboxylic acids is 1. The van der Waals surface area contributed by atoms with Crippen LogP contribution in [0.4, 0.5) is 21.9 Å². The maximum atomic E-state index is 12.2. The Labute approximate surface area is 134 Å². The highest BCUT2D eigenvalue weighted by Gasteiger charge is 2.31. The van der Waals surface area contributed by atoms with Crippen molar-refractivity contribution in [3.8, 4) is 0 Å². The largest absolute Gasteiger partial charge is 0.478 e. The van der Waals surface area contributed by atoms with Crippen molar-refractivity contribution in [2.45, 2.75) is 0 Å². The van der Waals surface area contributed by atoms with Gasteiger partial charge < -0.3 is 15.5 Å². The van der Waals surface area contributed by atoms with Crippen LogP contribution in [-0.2, 0) is 0 Å². The summed E-state index contributed by atoms with van der Waals surface area (Å²) in [6.45, 7) is 0. The molecule has 9 heteroatoms. The number of hydrogen-bond donors (Lipinski definition) is 4. The number of carboxylic acids is 2. The molecule has 0 saturated carbocycles. The molecule has 0 spiro atoms. The molecule has 0 aromatic heterocycles. The van der Waals surface area contributed by atoms with Gasteiger partial charge in [-0.3, -0.25) is 5.21 Å². The zero-order valence-corrected chi connectivity index (χ0v) is 12.0. The number of carbonyl (C=O) groups is 3. The average molecular weight is 329 g/mol. The fourth-order valence-corrected chi connectivity index (χ4v) is 2.32. The molecule has 9 nitrogen and oxygen atoms in total. The summed E-state index contributed by atoms with van der Waals surface area (Å²) >= 11 is 0. The second kappa shape index (κ2) is 5.56. The summed E-state index contributed by atoms with van der Waals surface area (Å²) in [5, 5.41) is 32.3. The van der Waals surface area contributed by atoms with Gasteiger partial charge in [0, 0.05) is 0 Å². The van der Waals surface area contributed by atoms with E-state index in [-0.39, 0.29) is 22.5 Å². The molecular weight excluding hydrogens is 318 g/mol. The molecule has 0 bridgehead atoms. The van der Waals surface area contributed by atoms with Gasteiger partial charge in [0.2, 0.25) is 0 Å². The van der Waals surface area contributed by atoms with E-state index in [2.05, 4.69) is 5.32 Å². The predicted octanol–water partition coefficient (Wildman–Crippen LogP) is 2.25. The molecule has 1 heterocycles. The lowest BCUT2D eigenvalue weighted by Crippen LogP contribution is -2.51. The van der Waals surface area contributed by atoms with Gasteiger partial charge in [-0.25, -0.2) is 14.4 Å². The standard InChI is InChI=1S/C15H11N3O6/c19-13(20)8-5-9(14(21)22)7-10(6-8)17-15(23)16-11-3-1-2-4-12(11)18(17)24/h1-7,24H,(H,16,23)(H,19,20)(H,21,22). The smallest absolute Gasteiger partial charge is 0.347 e. The summed E-state index contributed by atoms with van der Waals surface area (Å²) in [5.41, 5.74) is -0.166. The molecule has 0 fully saturated rings. The highest BCUT2D eigenvalue weighted by Crippen LogP contribution is 2.33. The van der Waals surface area contributed by atoms with Crippen molar-refractivity contribution in [3.63, 3.8) is 0 Å². The predicted molar refractivity (Wildman–Crippen MR) is 82.6 cm³/mol. The zero-order valence-electron chi connectivity index (χ0n) is 12.0. The van der Waals surface area contributed by atoms with Crippen molar-refractivity contribution < 1.29 is 29.8 Å². The van der Waals surface area contributed by atoms with Gasteiger partial charge in [0.05, 0.1) is 22.5 Å². The summed E-state index contributed by atoms with van der Waals surface area (Å²) in [7, 11) is 0. The number of para-hydroxylation sites is 2. The number of rotatable bonds is 3. The lowest BCUT2D eigenvalue weighted by atomic mass is 10.1. The summed E-state index contributed by atoms with van der Waals surface area (Å²) < 4.78 is 0. The van der Waals surface area contributed by atoms with Gasteiger partial charge in [-0.1, -0.05) is 12.1 Å². The molecule has 1 aliphatic heterocycles. The minimum Gasteiger partial charge on any atom is -0.478 e. The lowest BCUT2D eigenvalue weighted by Gasteiger charge is -2.36. The van der Waals surface area contributed by atoms with Crippen molar-refractivity contribution in [3.05, 3.63) is 53.6 Å². The fraction of sp³-hybridized carbons (Fsp3) is 0. The SMILES string of the molecule is O=C(O)c1cc(C(=O)O)cc(N2C(=O)Nc3ccccc3N2O)c1. The Morgan fingerprint density at radius 1 is 0.958 bits per heavy atom. The number of nitrogens with one attached hydrogen (secondary N) is 1. The third kappa shape index (κ3) is 2.48. The number of urea groups is 1. The normalized spacial score (nSPS) is 13.3. The molecule has 2 amide bonds. The number of anilines is 3. The molecule has 0 aliphatic carbocycles. The highest BCUT2D eigenvalue weighted by molar-refractivity contribution is 6.09. The van der Waals surface area contributed by atoms with Gasteiger partial charge in [0.15, 0.2) is 0 Å². The number of carboxylic acid groups (broad SMARTS) is 2. The Morgan fingerprint density at radius 2 is 1.54 bits per heavy atom. The third-order valence-corrected chi connectivity index (χ3v) is 3.40. The first kappa shape index (κ1) is 15.3. The van der Waals surface area contributed by atoms with E-state index in [1.807, 2.05) is 0 Å². The third-order valence-electron chi connectivity index (χ3n) is 3.40. The van der Waals surface area contributed by atoms with E-state index < -0.39 is 18.0 Å². The van der Waals surface area contributed by atoms with Gasteiger partial charge in [-0.05, 0) is 30.3 Å². The molecule has 2 aromatic rings. The Balaban J connectivity index is 2.13. The monoisotopic (exact) mass is 329 g/mol. The van der Waals surface area contributed by atoms with E-state index >= 15 is 0 Å². The Morgan fingerprint density at radius 3 is 2.12 bits per heavy atom. The number of hydrogen-bond acceptors (Lipinski definition) is 5. The number of hydrazine groups is 1. The quantitative estimate of drug-likeness (QED) is 0.679. The number of aromatic carboxylic acids is 2. The van der Waals surface area contributed by atoms with Gasteiger partial charge >= 0.3 is 18.0 Å². The zero-order chi connectivity index (χ0) is 17.4. The van der Waals surface area contributed by atoms with Crippen LogP contribution < -0.4 is 15.5 Å². The van der Waals surface area contributed by atoms with Crippen LogP contribution >= 0.6 is 0 Å². The molecule has 0 atom stereocenters. The molecule has 1 aliphatic rings. The van der Waals surface area contributed by atoms with Crippen molar-refractivity contribution in [1.29, 1.82) is 0 Å². The molecule has 4 N–H and O–H groups in total. The summed E-state index contributed by atoms with van der Waals surface area (Å²) in [5.74, 6) is -2.72. The molecule has 3 rings (SSSR count). The maximum Gasteiger partial charge on any atom is 0.347 e. The number of fused-ring (bicyclic) bond motifs is 1. The molecule has 0 unspecified atom stereocenters. The van der Waals surface area contributed by atoms with E-state index in [9.17, 15) is 19.6 Å². The van der Waals surface area contributed by atoms with Crippen LogP contribution in [-0.4, -0.2) is 33.4 Å². The molecule has 0 saturated heterocycles. The second-order valence-corrected chi connectivity index (χ2v) is 4.93. The van der Waals surface area contributed by atoms with Crippen LogP contribution in [0.2, 0.25) is 0 Å². The van der Waals surface area contributed by atoms with Gasteiger partial charge in [0.1, 0.15) is 5.69 Å². The van der Waals surface area contributed by atoms with Crippen molar-refractivity contribution in [1.82, 2.24) is 0 Å². The minimum absolute atomic E-state index is 0.109. The molecule has 122 valence electrons. The van der Waals surface area contributed by atoms with Gasteiger partial charge in [0.25, 0.3) is 0 Å². The summed E-state index contributed by atoms with van der Waals surface area (Å²) in [4.78, 5) is 34.6. The Bertz CT molecular complexity index is 834. The van der Waals surface area contributed by atoms with Crippen LogP contribution in [0.5, 0.6) is 0 Å². The van der Waals surface area contributed by atoms with E-state index in [1.54, 1.807) is 18.2 Å². The van der Waals surface area contributed by atoms with E-state index in [0.717, 1.165) is 23.2 Å². The van der Waals surface area contributed by atoms with Crippen LogP contribution in [0, 0.1) is 0 Å². The first-order valence-corrected chi connectivity index (χ1v) is 6.69. The van der Waals surface area contributed by atoms with Crippen LogP contribution in [0.15, 0.2) is 42.5 Å². The molecular formula is C15H11N3O6. The van der Waals surface area contributed by atoms with E-state index in [1.165, 1.54) is 6.07 Å². The first-order chi connectivity index (χ1) is 11.4. The van der Waals surface area contributed by atoms with Crippen LogP contribution in [0.1, 0.15) is 20.7 Å². The van der Waals surface area contributed by atoms with Gasteiger partial charge in [-0.2, -0.15) is 10.2 Å². The lowest BCUT2D eigenvalue weighted by molar-refractivity contribution is 0.0696. The number of benzene rings is 2. The van der Waals surface area contributed by atoms with Crippen LogP contribution in [0.25, 0.3) is 0 Å². The Kier molecular flexibility index (Phi) is 3.54. The first-order valence-electron chi connectivity index (χ1n) is 6.69. The van der Waals surface area contributed by atoms with Crippen molar-refractivity contribution >= 4 is 35.0 Å². The van der Waals surface area contributed by atoms with Crippen molar-refractivity contribution in [2.24, 2.45) is 0 Å². The Hall–Kier alpha value is -3.59. The summed E-state index contributed by atoms with van der Waals surface area (Å²) in [6.07, 6.45) is 0. The molecule has 0 radical (unpaired) electrons. The fourth-order valence-electron chi connectivity index (χ4n) is 2.32. The average Bonchev–Trinajstić information content (AvgIpc) is 2.54. The topological polar surface area (TPSA) is 130 Å². The second-order valence-electron chi connectivity index (χ2n) is 4.93. The van der Waals surface area contributed by atoms with Gasteiger partial charge in [-0.15, -0.1) is 0 Å². The summed E-state index contributed by atoms with van der Waals surface area (Å²) in [6, 6.07) is 8.77. The highest BCUT2D eigenvalue weighted by atomic mass is 16.6. The number of nitrogens with zero attached hydrogens (tertiary/aromatic N) is 2. The van der Waals surface area contributed by atoms with E-state index in [4.69, 9.17) is 10.2 Å². The van der Waals surface area contributed by atoms with E-state index in [0.29, 0.717) is 10.9 Å². The van der Waals surface area contributed by atoms with Crippen LogP contribution in [0.3, 0.4) is 0 Å². The molecule has 2 aromatic carbocycles. The molecule has 24 heavy (non-hydrogen) atoms. The van der Waals surface area contributed by atoms with Crippen molar-refractivity contribution in [2.75, 3.05) is 15.5 Å².